The largest absolute Gasteiger partial charge is 0.326 e. The Morgan fingerprint density at radius 3 is 2.20 bits per heavy atom. The minimum atomic E-state index is 0.412. The van der Waals surface area contributed by atoms with Crippen LogP contribution in [0.25, 0.3) is 0 Å². The molecule has 0 aliphatic carbocycles. The van der Waals surface area contributed by atoms with E-state index in [9.17, 15) is 0 Å². The second-order valence-electron chi connectivity index (χ2n) is 2.12. The molecule has 0 aliphatic heterocycles. The van der Waals surface area contributed by atoms with Gasteiger partial charge in [0.05, 0.1) is 0 Å². The molecule has 56 valence electrons. The molecule has 2 heteroatoms. The van der Waals surface area contributed by atoms with Crippen LogP contribution >= 0.6 is 11.6 Å². The minimum absolute atomic E-state index is 0.412. The van der Waals surface area contributed by atoms with Gasteiger partial charge in [0.1, 0.15) is 0 Å². The predicted molar refractivity (Wildman–Crippen MR) is 46.9 cm³/mol. The Morgan fingerprint density at radius 1 is 1.60 bits per heavy atom. The molecule has 1 nitrogen and oxygen atoms in total. The zero-order valence-electron chi connectivity index (χ0n) is 6.15. The van der Waals surface area contributed by atoms with Crippen molar-refractivity contribution in [1.29, 1.82) is 0 Å². The molecule has 0 aromatic carbocycles. The van der Waals surface area contributed by atoms with E-state index >= 15 is 0 Å². The number of hydrogen-bond donors (Lipinski definition) is 1. The summed E-state index contributed by atoms with van der Waals surface area (Å²) in [5, 5.41) is 0.491. The molecule has 0 heterocycles. The van der Waals surface area contributed by atoms with Crippen LogP contribution in [0.5, 0.6) is 0 Å². The lowest BCUT2D eigenvalue weighted by Gasteiger charge is -1.99. The Labute approximate surface area is 66.9 Å². The van der Waals surface area contributed by atoms with E-state index < -0.39 is 0 Å². The van der Waals surface area contributed by atoms with Gasteiger partial charge < -0.3 is 5.73 Å². The van der Waals surface area contributed by atoms with Crippen molar-refractivity contribution in [2.24, 2.45) is 5.73 Å². The highest BCUT2D eigenvalue weighted by Gasteiger charge is 1.94. The Bertz CT molecular complexity index is 180. The van der Waals surface area contributed by atoms with Gasteiger partial charge in [0.25, 0.3) is 0 Å². The maximum atomic E-state index is 5.60. The lowest BCUT2D eigenvalue weighted by atomic mass is 10.2. The van der Waals surface area contributed by atoms with Crippen LogP contribution in [0.15, 0.2) is 35.4 Å². The molecular weight excluding hydrogens is 146 g/mol. The Hall–Kier alpha value is -0.530. The number of halogens is 1. The van der Waals surface area contributed by atoms with Gasteiger partial charge in [-0.05, 0) is 12.5 Å². The van der Waals surface area contributed by atoms with Gasteiger partial charge in [0.2, 0.25) is 0 Å². The molecule has 10 heavy (non-hydrogen) atoms. The smallest absolute Gasteiger partial charge is 0.0379 e. The highest BCUT2D eigenvalue weighted by Crippen LogP contribution is 2.11. The molecule has 0 aliphatic rings. The average molecular weight is 158 g/mol. The number of allylic oxidation sites excluding steroid dienone is 2. The van der Waals surface area contributed by atoms with Gasteiger partial charge in [-0.2, -0.15) is 0 Å². The summed E-state index contributed by atoms with van der Waals surface area (Å²) in [4.78, 5) is 0. The Kier molecular flexibility index (Phi) is 4.08. The van der Waals surface area contributed by atoms with Crippen LogP contribution in [0.3, 0.4) is 0 Å². The first-order chi connectivity index (χ1) is 4.57. The van der Waals surface area contributed by atoms with Crippen molar-refractivity contribution in [2.75, 3.05) is 6.54 Å². The molecule has 0 saturated heterocycles. The van der Waals surface area contributed by atoms with Gasteiger partial charge in [0, 0.05) is 11.6 Å². The van der Waals surface area contributed by atoms with E-state index in [1.165, 1.54) is 0 Å². The zero-order valence-corrected chi connectivity index (χ0v) is 6.91. The van der Waals surface area contributed by atoms with Gasteiger partial charge in [-0.3, -0.25) is 0 Å². The summed E-state index contributed by atoms with van der Waals surface area (Å²) >= 11 is 5.60. The van der Waals surface area contributed by atoms with Gasteiger partial charge in [-0.1, -0.05) is 36.4 Å². The molecule has 0 aromatic heterocycles. The first-order valence-corrected chi connectivity index (χ1v) is 3.36. The summed E-state index contributed by atoms with van der Waals surface area (Å²) in [6.07, 6.45) is 1.83. The number of hydrogen-bond acceptors (Lipinski definition) is 1. The molecular formula is C8H12ClN. The highest BCUT2D eigenvalue weighted by molar-refractivity contribution is 6.31. The van der Waals surface area contributed by atoms with E-state index in [0.717, 1.165) is 11.1 Å². The third-order valence-corrected chi connectivity index (χ3v) is 1.23. The van der Waals surface area contributed by atoms with Crippen LogP contribution in [0.4, 0.5) is 0 Å². The van der Waals surface area contributed by atoms with E-state index in [1.807, 2.05) is 13.0 Å². The van der Waals surface area contributed by atoms with Crippen molar-refractivity contribution < 1.29 is 0 Å². The molecule has 0 radical (unpaired) electrons. The van der Waals surface area contributed by atoms with Crippen LogP contribution in [0, 0.1) is 0 Å². The molecule has 0 saturated carbocycles. The summed E-state index contributed by atoms with van der Waals surface area (Å²) < 4.78 is 0. The lowest BCUT2D eigenvalue weighted by molar-refractivity contribution is 1.17. The Morgan fingerprint density at radius 2 is 2.10 bits per heavy atom. The Balaban J connectivity index is 4.34. The minimum Gasteiger partial charge on any atom is -0.326 e. The third-order valence-electron chi connectivity index (χ3n) is 0.989. The molecule has 2 N–H and O–H groups in total. The van der Waals surface area contributed by atoms with E-state index in [-0.39, 0.29) is 0 Å². The van der Waals surface area contributed by atoms with Crippen molar-refractivity contribution in [1.82, 2.24) is 0 Å². The normalized spacial score (nSPS) is 11.3. The number of rotatable bonds is 3. The quantitative estimate of drug-likeness (QED) is 0.625. The van der Waals surface area contributed by atoms with Crippen LogP contribution < -0.4 is 5.73 Å². The maximum Gasteiger partial charge on any atom is 0.0379 e. The molecule has 0 fully saturated rings. The molecule has 0 aromatic rings. The lowest BCUT2D eigenvalue weighted by Crippen LogP contribution is -2.02. The standard InChI is InChI=1S/C8H12ClN/c1-6(2)4-8(5-10)7(3)9/h4H,1,3,5,10H2,2H3/b8-4-. The summed E-state index contributed by atoms with van der Waals surface area (Å²) in [5.41, 5.74) is 7.14. The van der Waals surface area contributed by atoms with Gasteiger partial charge in [-0.25, -0.2) is 0 Å². The predicted octanol–water partition coefficient (Wildman–Crippen LogP) is 2.20. The SMILES string of the molecule is C=C(C)/C=C(/CN)C(=C)Cl. The van der Waals surface area contributed by atoms with Crippen molar-refractivity contribution in [3.8, 4) is 0 Å². The number of nitrogens with two attached hydrogens (primary N) is 1. The fourth-order valence-electron chi connectivity index (χ4n) is 0.545. The zero-order chi connectivity index (χ0) is 8.15. The highest BCUT2D eigenvalue weighted by atomic mass is 35.5. The van der Waals surface area contributed by atoms with Gasteiger partial charge >= 0.3 is 0 Å². The first-order valence-electron chi connectivity index (χ1n) is 2.99. The van der Waals surface area contributed by atoms with Crippen LogP contribution in [0.2, 0.25) is 0 Å². The van der Waals surface area contributed by atoms with Crippen LogP contribution in [0.1, 0.15) is 6.92 Å². The van der Waals surface area contributed by atoms with Crippen LogP contribution in [-0.4, -0.2) is 6.54 Å². The fraction of sp³-hybridized carbons (Fsp3) is 0.250. The third kappa shape index (κ3) is 3.49. The molecule has 0 unspecified atom stereocenters. The second kappa shape index (κ2) is 4.31. The van der Waals surface area contributed by atoms with Gasteiger partial charge in [0.15, 0.2) is 0 Å². The van der Waals surface area contributed by atoms with E-state index in [0.29, 0.717) is 11.6 Å². The van der Waals surface area contributed by atoms with Crippen molar-refractivity contribution in [2.45, 2.75) is 6.92 Å². The summed E-state index contributed by atoms with van der Waals surface area (Å²) in [6.45, 7) is 9.55. The van der Waals surface area contributed by atoms with Gasteiger partial charge in [-0.15, -0.1) is 0 Å². The monoisotopic (exact) mass is 157 g/mol. The fourth-order valence-corrected chi connectivity index (χ4v) is 0.677. The van der Waals surface area contributed by atoms with Crippen molar-refractivity contribution >= 4 is 11.6 Å². The van der Waals surface area contributed by atoms with Crippen molar-refractivity contribution in [3.63, 3.8) is 0 Å². The molecule has 0 bridgehead atoms. The second-order valence-corrected chi connectivity index (χ2v) is 2.58. The summed E-state index contributed by atoms with van der Waals surface area (Å²) in [6, 6.07) is 0. The maximum absolute atomic E-state index is 5.60. The van der Waals surface area contributed by atoms with Crippen molar-refractivity contribution in [3.05, 3.63) is 35.4 Å². The average Bonchev–Trinajstić information content (AvgIpc) is 1.81. The topological polar surface area (TPSA) is 26.0 Å². The molecule has 0 atom stereocenters. The van der Waals surface area contributed by atoms with E-state index in [1.54, 1.807) is 0 Å². The van der Waals surface area contributed by atoms with E-state index in [2.05, 4.69) is 13.2 Å². The molecule has 0 amide bonds. The van der Waals surface area contributed by atoms with E-state index in [4.69, 9.17) is 17.3 Å². The van der Waals surface area contributed by atoms with Crippen LogP contribution in [-0.2, 0) is 0 Å². The molecule has 0 rings (SSSR count). The molecule has 0 spiro atoms. The first kappa shape index (κ1) is 9.47. The summed E-state index contributed by atoms with van der Waals surface area (Å²) in [7, 11) is 0. The summed E-state index contributed by atoms with van der Waals surface area (Å²) in [5.74, 6) is 0.